The smallest absolute Gasteiger partial charge is 0.0959 e. The van der Waals surface area contributed by atoms with Crippen LogP contribution in [-0.2, 0) is 4.74 Å². The number of nitrogens with zero attached hydrogens (tertiary/aromatic N) is 1. The number of methoxy groups -OCH3 is 1. The Morgan fingerprint density at radius 1 is 1.06 bits per heavy atom. The lowest BCUT2D eigenvalue weighted by atomic mass is 10.1. The van der Waals surface area contributed by atoms with Crippen LogP contribution in [0.5, 0.6) is 0 Å². The fourth-order valence-electron chi connectivity index (χ4n) is 4.09. The second-order valence-electron chi connectivity index (χ2n) is 8.06. The second-order valence-corrected chi connectivity index (χ2v) is 8.06. The Bertz CT molecular complexity index is 1280. The molecule has 0 radical (unpaired) electrons. The van der Waals surface area contributed by atoms with Crippen molar-refractivity contribution in [2.75, 3.05) is 7.11 Å². The van der Waals surface area contributed by atoms with E-state index in [1.807, 2.05) is 12.1 Å². The zero-order valence-electron chi connectivity index (χ0n) is 18.0. The van der Waals surface area contributed by atoms with Crippen molar-refractivity contribution in [1.82, 2.24) is 15.3 Å². The van der Waals surface area contributed by atoms with Gasteiger partial charge in [-0.3, -0.25) is 0 Å². The van der Waals surface area contributed by atoms with Crippen LogP contribution in [0.4, 0.5) is 0 Å². The number of rotatable bonds is 5. The van der Waals surface area contributed by atoms with Gasteiger partial charge in [-0.15, -0.1) is 0 Å². The molecule has 3 aromatic rings. The average Bonchev–Trinajstić information content (AvgIpc) is 3.46. The topological polar surface area (TPSA) is 65.2 Å². The molecule has 0 saturated heterocycles. The van der Waals surface area contributed by atoms with Crippen molar-refractivity contribution in [2.45, 2.75) is 26.7 Å². The number of fused-ring (bicyclic) bond motifs is 1. The number of benzene rings is 1. The molecule has 1 aliphatic carbocycles. The molecular formula is C26H26N4O. The van der Waals surface area contributed by atoms with Gasteiger partial charge in [0.1, 0.15) is 0 Å². The molecule has 0 atom stereocenters. The van der Waals surface area contributed by atoms with Crippen molar-refractivity contribution < 1.29 is 4.74 Å². The molecule has 0 unspecified atom stereocenters. The molecule has 2 aliphatic rings. The van der Waals surface area contributed by atoms with E-state index < -0.39 is 0 Å². The summed E-state index contributed by atoms with van der Waals surface area (Å²) in [5, 5.41) is 4.79. The summed E-state index contributed by atoms with van der Waals surface area (Å²) < 4.78 is 5.36. The number of para-hydroxylation sites is 1. The van der Waals surface area contributed by atoms with Crippen LogP contribution in [0.15, 0.2) is 82.5 Å². The van der Waals surface area contributed by atoms with Crippen molar-refractivity contribution >= 4 is 22.7 Å². The summed E-state index contributed by atoms with van der Waals surface area (Å²) in [5.41, 5.74) is 9.57. The lowest BCUT2D eigenvalue weighted by molar-refractivity contribution is 0.275. The first kappa shape index (κ1) is 19.2. The zero-order chi connectivity index (χ0) is 21.4. The fraction of sp³-hybridized carbons (Fsp3) is 0.192. The van der Waals surface area contributed by atoms with Gasteiger partial charge in [0, 0.05) is 34.4 Å². The number of nitrogens with one attached hydrogen (secondary N) is 3. The normalized spacial score (nSPS) is 17.5. The van der Waals surface area contributed by atoms with Crippen LogP contribution in [0.3, 0.4) is 0 Å². The van der Waals surface area contributed by atoms with Crippen molar-refractivity contribution in [2.24, 2.45) is 4.99 Å². The third-order valence-corrected chi connectivity index (χ3v) is 5.74. The van der Waals surface area contributed by atoms with Crippen molar-refractivity contribution in [1.29, 1.82) is 0 Å². The van der Waals surface area contributed by atoms with E-state index in [0.29, 0.717) is 0 Å². The minimum Gasteiger partial charge on any atom is -0.501 e. The number of allylic oxidation sites excluding steroid dienone is 5. The summed E-state index contributed by atoms with van der Waals surface area (Å²) >= 11 is 0. The van der Waals surface area contributed by atoms with Crippen LogP contribution in [0.25, 0.3) is 17.0 Å². The molecule has 2 aromatic heterocycles. The van der Waals surface area contributed by atoms with E-state index in [1.54, 1.807) is 7.11 Å². The van der Waals surface area contributed by atoms with E-state index in [-0.39, 0.29) is 0 Å². The Hall–Kier alpha value is -3.73. The maximum Gasteiger partial charge on any atom is 0.0959 e. The number of hydrogen-bond acceptors (Lipinski definition) is 3. The molecule has 31 heavy (non-hydrogen) atoms. The quantitative estimate of drug-likeness (QED) is 0.510. The van der Waals surface area contributed by atoms with E-state index in [1.165, 1.54) is 10.9 Å². The van der Waals surface area contributed by atoms with Gasteiger partial charge in [0.2, 0.25) is 0 Å². The summed E-state index contributed by atoms with van der Waals surface area (Å²) in [4.78, 5) is 11.9. The van der Waals surface area contributed by atoms with Gasteiger partial charge in [0.25, 0.3) is 0 Å². The number of aromatic amines is 2. The van der Waals surface area contributed by atoms with Gasteiger partial charge in [0.15, 0.2) is 0 Å². The molecule has 1 aliphatic heterocycles. The van der Waals surface area contributed by atoms with Gasteiger partial charge in [-0.05, 0) is 68.3 Å². The third kappa shape index (κ3) is 3.87. The second kappa shape index (κ2) is 7.84. The highest BCUT2D eigenvalue weighted by atomic mass is 16.5. The molecule has 0 fully saturated rings. The van der Waals surface area contributed by atoms with E-state index in [4.69, 9.17) is 9.73 Å². The number of hydrogen-bond donors (Lipinski definition) is 3. The predicted octanol–water partition coefficient (Wildman–Crippen LogP) is 5.64. The largest absolute Gasteiger partial charge is 0.501 e. The lowest BCUT2D eigenvalue weighted by Gasteiger charge is -2.16. The van der Waals surface area contributed by atoms with Gasteiger partial charge in [0.05, 0.1) is 35.7 Å². The first-order chi connectivity index (χ1) is 15.1. The number of aryl methyl sites for hydroxylation is 2. The predicted molar refractivity (Wildman–Crippen MR) is 127 cm³/mol. The molecule has 5 rings (SSSR count). The van der Waals surface area contributed by atoms with Crippen LogP contribution >= 0.6 is 0 Å². The lowest BCUT2D eigenvalue weighted by Crippen LogP contribution is -2.15. The Kier molecular flexibility index (Phi) is 4.86. The molecule has 0 amide bonds. The summed E-state index contributed by atoms with van der Waals surface area (Å²) in [6.07, 6.45) is 10.2. The summed E-state index contributed by atoms with van der Waals surface area (Å²) in [6, 6.07) is 12.6. The highest BCUT2D eigenvalue weighted by Gasteiger charge is 2.19. The summed E-state index contributed by atoms with van der Waals surface area (Å²) in [7, 11) is 1.72. The van der Waals surface area contributed by atoms with Gasteiger partial charge in [-0.25, -0.2) is 4.99 Å². The summed E-state index contributed by atoms with van der Waals surface area (Å²) in [6.45, 7) is 4.19. The first-order valence-electron chi connectivity index (χ1n) is 10.6. The van der Waals surface area contributed by atoms with Crippen LogP contribution in [0.1, 0.15) is 35.5 Å². The summed E-state index contributed by atoms with van der Waals surface area (Å²) in [5.74, 6) is 1.01. The van der Waals surface area contributed by atoms with Crippen LogP contribution in [0.2, 0.25) is 0 Å². The Balaban J connectivity index is 1.53. The van der Waals surface area contributed by atoms with Crippen molar-refractivity contribution in [3.63, 3.8) is 0 Å². The fourth-order valence-corrected chi connectivity index (χ4v) is 4.09. The van der Waals surface area contributed by atoms with Gasteiger partial charge in [-0.2, -0.15) is 0 Å². The van der Waals surface area contributed by atoms with Crippen molar-refractivity contribution in [3.05, 3.63) is 100 Å². The Labute approximate surface area is 181 Å². The molecule has 0 spiro atoms. The van der Waals surface area contributed by atoms with E-state index in [9.17, 15) is 0 Å². The van der Waals surface area contributed by atoms with Crippen LogP contribution < -0.4 is 5.32 Å². The third-order valence-electron chi connectivity index (χ3n) is 5.74. The molecule has 1 aromatic carbocycles. The molecule has 3 N–H and O–H groups in total. The standard InChI is InChI=1S/C26H26N4O/c1-16-12-17(2)27-22(16)14-25-24(28-19-8-10-20(31-3)11-9-19)15-26(30-25)23-13-18-6-4-5-7-21(18)29-23/h4-8,10,12-15,27-29H,9,11H2,1-3H3/b25-14-. The maximum atomic E-state index is 5.36. The maximum absolute atomic E-state index is 5.36. The number of H-pyrrole nitrogens is 2. The Morgan fingerprint density at radius 3 is 2.65 bits per heavy atom. The molecule has 0 bridgehead atoms. The molecule has 0 saturated carbocycles. The number of ether oxygens (including phenoxy) is 1. The van der Waals surface area contributed by atoms with Gasteiger partial charge < -0.3 is 20.0 Å². The SMILES string of the molecule is COC1=CC=C(NC2=CC(c3cc4ccccc4[nH]3)=N/C2=C\c2[nH]c(C)cc2C)CC1. The van der Waals surface area contributed by atoms with Crippen LogP contribution in [-0.4, -0.2) is 22.8 Å². The zero-order valence-corrected chi connectivity index (χ0v) is 18.0. The molecule has 5 nitrogen and oxygen atoms in total. The monoisotopic (exact) mass is 410 g/mol. The minimum atomic E-state index is 0.895. The minimum absolute atomic E-state index is 0.895. The molecule has 3 heterocycles. The van der Waals surface area contributed by atoms with Gasteiger partial charge >= 0.3 is 0 Å². The average molecular weight is 411 g/mol. The molecule has 156 valence electrons. The van der Waals surface area contributed by atoms with Crippen molar-refractivity contribution in [3.8, 4) is 0 Å². The number of aromatic nitrogens is 2. The van der Waals surface area contributed by atoms with E-state index in [0.717, 1.165) is 64.0 Å². The molecule has 5 heteroatoms. The highest BCUT2D eigenvalue weighted by Crippen LogP contribution is 2.27. The number of aliphatic imine (C=N–C) groups is 1. The van der Waals surface area contributed by atoms with E-state index >= 15 is 0 Å². The molecular weight excluding hydrogens is 384 g/mol. The highest BCUT2D eigenvalue weighted by molar-refractivity contribution is 6.13. The van der Waals surface area contributed by atoms with Crippen LogP contribution in [0, 0.1) is 13.8 Å². The first-order valence-corrected chi connectivity index (χ1v) is 10.6. The van der Waals surface area contributed by atoms with E-state index in [2.05, 4.69) is 77.7 Å². The Morgan fingerprint density at radius 2 is 1.94 bits per heavy atom. The van der Waals surface area contributed by atoms with Gasteiger partial charge in [-0.1, -0.05) is 18.2 Å².